The first-order valence-corrected chi connectivity index (χ1v) is 6.85. The van der Waals surface area contributed by atoms with E-state index >= 15 is 0 Å². The number of carboxylic acid groups (broad SMARTS) is 2. The van der Waals surface area contributed by atoms with Crippen molar-refractivity contribution in [2.75, 3.05) is 0 Å². The highest BCUT2D eigenvalue weighted by Gasteiger charge is 2.24. The molecule has 0 bridgehead atoms. The fourth-order valence-electron chi connectivity index (χ4n) is 1.91. The first-order chi connectivity index (χ1) is 9.90. The standard InChI is InChI=1S/C16H21NO4/c1-11(2)10-14(16(20)21)17-13(15(18)19)9-8-12-6-4-3-5-7-12/h3-9,11,13-14,17H,10H2,1-2H3,(H,18,19)(H,20,21)/t13?,14-/m1/s1. The van der Waals surface area contributed by atoms with Crippen LogP contribution in [0.25, 0.3) is 6.08 Å². The van der Waals surface area contributed by atoms with Gasteiger partial charge in [0.05, 0.1) is 0 Å². The molecule has 0 aromatic heterocycles. The smallest absolute Gasteiger partial charge is 0.324 e. The Morgan fingerprint density at radius 3 is 2.24 bits per heavy atom. The van der Waals surface area contributed by atoms with Crippen molar-refractivity contribution >= 4 is 18.0 Å². The van der Waals surface area contributed by atoms with E-state index in [0.29, 0.717) is 6.42 Å². The van der Waals surface area contributed by atoms with E-state index in [9.17, 15) is 14.7 Å². The molecule has 1 aromatic rings. The zero-order valence-electron chi connectivity index (χ0n) is 12.2. The number of carbonyl (C=O) groups is 2. The van der Waals surface area contributed by atoms with Crippen molar-refractivity contribution in [3.05, 3.63) is 42.0 Å². The molecule has 0 saturated carbocycles. The summed E-state index contributed by atoms with van der Waals surface area (Å²) < 4.78 is 0. The molecule has 1 aromatic carbocycles. The molecule has 5 heteroatoms. The largest absolute Gasteiger partial charge is 0.480 e. The van der Waals surface area contributed by atoms with Gasteiger partial charge in [0.1, 0.15) is 12.1 Å². The normalized spacial score (nSPS) is 14.2. The van der Waals surface area contributed by atoms with Gasteiger partial charge in [-0.2, -0.15) is 0 Å². The lowest BCUT2D eigenvalue weighted by Gasteiger charge is -2.19. The number of carboxylic acids is 2. The minimum Gasteiger partial charge on any atom is -0.480 e. The van der Waals surface area contributed by atoms with Gasteiger partial charge in [-0.05, 0) is 17.9 Å². The molecular formula is C16H21NO4. The van der Waals surface area contributed by atoms with E-state index < -0.39 is 24.0 Å². The van der Waals surface area contributed by atoms with Gasteiger partial charge in [0.2, 0.25) is 0 Å². The lowest BCUT2D eigenvalue weighted by atomic mass is 10.0. The van der Waals surface area contributed by atoms with Crippen LogP contribution in [-0.4, -0.2) is 34.2 Å². The summed E-state index contributed by atoms with van der Waals surface area (Å²) in [5, 5.41) is 21.0. The van der Waals surface area contributed by atoms with Crippen LogP contribution in [-0.2, 0) is 9.59 Å². The molecule has 114 valence electrons. The third-order valence-corrected chi connectivity index (χ3v) is 2.93. The van der Waals surface area contributed by atoms with E-state index in [1.54, 1.807) is 6.08 Å². The summed E-state index contributed by atoms with van der Waals surface area (Å²) in [5.41, 5.74) is 0.862. The van der Waals surface area contributed by atoms with E-state index in [2.05, 4.69) is 5.32 Å². The van der Waals surface area contributed by atoms with Crippen molar-refractivity contribution in [2.45, 2.75) is 32.4 Å². The van der Waals surface area contributed by atoms with Gasteiger partial charge >= 0.3 is 11.9 Å². The molecule has 5 nitrogen and oxygen atoms in total. The number of benzene rings is 1. The third kappa shape index (κ3) is 6.23. The maximum Gasteiger partial charge on any atom is 0.324 e. The monoisotopic (exact) mass is 291 g/mol. The molecule has 0 radical (unpaired) electrons. The lowest BCUT2D eigenvalue weighted by Crippen LogP contribution is -2.46. The van der Waals surface area contributed by atoms with E-state index in [1.165, 1.54) is 6.08 Å². The highest BCUT2D eigenvalue weighted by molar-refractivity contribution is 5.80. The predicted molar refractivity (Wildman–Crippen MR) is 80.9 cm³/mol. The maximum atomic E-state index is 11.3. The zero-order chi connectivity index (χ0) is 15.8. The highest BCUT2D eigenvalue weighted by atomic mass is 16.4. The molecule has 3 N–H and O–H groups in total. The highest BCUT2D eigenvalue weighted by Crippen LogP contribution is 2.08. The second kappa shape index (κ2) is 8.21. The van der Waals surface area contributed by atoms with Crippen LogP contribution in [0.1, 0.15) is 25.8 Å². The van der Waals surface area contributed by atoms with Gasteiger partial charge in [0, 0.05) is 0 Å². The molecule has 0 aliphatic rings. The van der Waals surface area contributed by atoms with Crippen LogP contribution in [0, 0.1) is 5.92 Å². The Hall–Kier alpha value is -2.14. The van der Waals surface area contributed by atoms with Crippen LogP contribution >= 0.6 is 0 Å². The molecule has 0 aliphatic heterocycles. The summed E-state index contributed by atoms with van der Waals surface area (Å²) in [6.45, 7) is 3.79. The van der Waals surface area contributed by atoms with E-state index in [0.717, 1.165) is 5.56 Å². The Labute approximate surface area is 124 Å². The average Bonchev–Trinajstić information content (AvgIpc) is 2.42. The topological polar surface area (TPSA) is 86.6 Å². The molecule has 0 aliphatic carbocycles. The molecule has 2 atom stereocenters. The Kier molecular flexibility index (Phi) is 6.62. The van der Waals surface area contributed by atoms with Crippen molar-refractivity contribution in [1.82, 2.24) is 5.32 Å². The molecule has 0 heterocycles. The molecule has 1 unspecified atom stereocenters. The van der Waals surface area contributed by atoms with E-state index in [4.69, 9.17) is 5.11 Å². The second-order valence-electron chi connectivity index (χ2n) is 5.27. The Morgan fingerprint density at radius 2 is 1.76 bits per heavy atom. The van der Waals surface area contributed by atoms with Crippen molar-refractivity contribution in [3.63, 3.8) is 0 Å². The summed E-state index contributed by atoms with van der Waals surface area (Å²) in [4.78, 5) is 22.4. The molecular weight excluding hydrogens is 270 g/mol. The van der Waals surface area contributed by atoms with Crippen LogP contribution in [0.4, 0.5) is 0 Å². The summed E-state index contributed by atoms with van der Waals surface area (Å²) in [6.07, 6.45) is 3.51. The van der Waals surface area contributed by atoms with Crippen molar-refractivity contribution < 1.29 is 19.8 Å². The van der Waals surface area contributed by atoms with Gasteiger partial charge in [-0.3, -0.25) is 14.9 Å². The molecule has 1 rings (SSSR count). The van der Waals surface area contributed by atoms with Crippen molar-refractivity contribution in [1.29, 1.82) is 0 Å². The summed E-state index contributed by atoms with van der Waals surface area (Å²) in [7, 11) is 0. The fraction of sp³-hybridized carbons (Fsp3) is 0.375. The SMILES string of the molecule is CC(C)C[C@@H](NC(C=Cc1ccccc1)C(=O)O)C(=O)O. The second-order valence-corrected chi connectivity index (χ2v) is 5.27. The Morgan fingerprint density at radius 1 is 1.14 bits per heavy atom. The van der Waals surface area contributed by atoms with Crippen molar-refractivity contribution in [3.8, 4) is 0 Å². The summed E-state index contributed by atoms with van der Waals surface area (Å²) in [5.74, 6) is -1.98. The van der Waals surface area contributed by atoms with Crippen LogP contribution in [0.2, 0.25) is 0 Å². The summed E-state index contributed by atoms with van der Waals surface area (Å²) >= 11 is 0. The minimum absolute atomic E-state index is 0.158. The molecule has 21 heavy (non-hydrogen) atoms. The van der Waals surface area contributed by atoms with Gasteiger partial charge in [-0.25, -0.2) is 0 Å². The molecule has 0 fully saturated rings. The van der Waals surface area contributed by atoms with Crippen LogP contribution in [0.15, 0.2) is 36.4 Å². The van der Waals surface area contributed by atoms with Gasteiger partial charge in [0.25, 0.3) is 0 Å². The van der Waals surface area contributed by atoms with E-state index in [1.807, 2.05) is 44.2 Å². The zero-order valence-corrected chi connectivity index (χ0v) is 12.2. The predicted octanol–water partition coefficient (Wildman–Crippen LogP) is 2.24. The van der Waals surface area contributed by atoms with E-state index in [-0.39, 0.29) is 5.92 Å². The van der Waals surface area contributed by atoms with Gasteiger partial charge in [0.15, 0.2) is 0 Å². The molecule has 0 spiro atoms. The Balaban J connectivity index is 2.79. The number of rotatable bonds is 8. The van der Waals surface area contributed by atoms with Gasteiger partial charge in [-0.15, -0.1) is 0 Å². The fourth-order valence-corrected chi connectivity index (χ4v) is 1.91. The number of aliphatic carboxylic acids is 2. The number of nitrogens with one attached hydrogen (secondary N) is 1. The number of hydrogen-bond acceptors (Lipinski definition) is 3. The van der Waals surface area contributed by atoms with Crippen molar-refractivity contribution in [2.24, 2.45) is 5.92 Å². The Bertz CT molecular complexity index is 496. The van der Waals surface area contributed by atoms with Crippen LogP contribution in [0.5, 0.6) is 0 Å². The molecule has 0 saturated heterocycles. The van der Waals surface area contributed by atoms with Gasteiger partial charge in [-0.1, -0.05) is 56.3 Å². The van der Waals surface area contributed by atoms with Crippen LogP contribution < -0.4 is 5.32 Å². The maximum absolute atomic E-state index is 11.3. The first-order valence-electron chi connectivity index (χ1n) is 6.85. The lowest BCUT2D eigenvalue weighted by molar-refractivity contribution is -0.142. The summed E-state index contributed by atoms with van der Waals surface area (Å²) in [6, 6.07) is 7.34. The first kappa shape index (κ1) is 16.9. The quantitative estimate of drug-likeness (QED) is 0.684. The minimum atomic E-state index is -1.10. The molecule has 0 amide bonds. The van der Waals surface area contributed by atoms with Crippen LogP contribution in [0.3, 0.4) is 0 Å². The number of hydrogen-bond donors (Lipinski definition) is 3. The third-order valence-electron chi connectivity index (χ3n) is 2.93. The average molecular weight is 291 g/mol. The van der Waals surface area contributed by atoms with Gasteiger partial charge < -0.3 is 10.2 Å².